The van der Waals surface area contributed by atoms with E-state index < -0.39 is 12.8 Å². The lowest BCUT2D eigenvalue weighted by Gasteiger charge is -2.41. The third-order valence-corrected chi connectivity index (χ3v) is 4.79. The molecule has 0 aromatic heterocycles. The maximum Gasteiger partial charge on any atom is 0.411 e. The van der Waals surface area contributed by atoms with Gasteiger partial charge in [-0.1, -0.05) is 19.3 Å². The summed E-state index contributed by atoms with van der Waals surface area (Å²) in [5.41, 5.74) is 0.174. The Kier molecular flexibility index (Phi) is 5.91. The summed E-state index contributed by atoms with van der Waals surface area (Å²) in [7, 11) is 0. The van der Waals surface area contributed by atoms with E-state index in [9.17, 15) is 13.2 Å². The Morgan fingerprint density at radius 2 is 1.95 bits per heavy atom. The van der Waals surface area contributed by atoms with Crippen LogP contribution >= 0.6 is 0 Å². The highest BCUT2D eigenvalue weighted by atomic mass is 19.4. The Morgan fingerprint density at radius 3 is 2.62 bits per heavy atom. The molecule has 1 unspecified atom stereocenters. The van der Waals surface area contributed by atoms with Crippen LogP contribution in [0.5, 0.6) is 0 Å². The van der Waals surface area contributed by atoms with E-state index in [1.807, 2.05) is 0 Å². The molecule has 2 rings (SSSR count). The van der Waals surface area contributed by atoms with Crippen molar-refractivity contribution in [3.8, 4) is 0 Å². The van der Waals surface area contributed by atoms with Crippen molar-refractivity contribution in [2.75, 3.05) is 32.8 Å². The largest absolute Gasteiger partial charge is 0.411 e. The summed E-state index contributed by atoms with van der Waals surface area (Å²) in [5.74, 6) is 0. The van der Waals surface area contributed by atoms with Crippen LogP contribution in [0.25, 0.3) is 0 Å². The second-order valence-corrected chi connectivity index (χ2v) is 6.54. The summed E-state index contributed by atoms with van der Waals surface area (Å²) < 4.78 is 41.1. The summed E-state index contributed by atoms with van der Waals surface area (Å²) >= 11 is 0. The summed E-state index contributed by atoms with van der Waals surface area (Å²) in [6, 6.07) is 0.397. The molecule has 2 fully saturated rings. The van der Waals surface area contributed by atoms with Crippen molar-refractivity contribution in [2.24, 2.45) is 0 Å². The van der Waals surface area contributed by atoms with Crippen LogP contribution in [-0.2, 0) is 4.74 Å². The topological polar surface area (TPSA) is 24.5 Å². The minimum absolute atomic E-state index is 0.153. The van der Waals surface area contributed by atoms with Crippen LogP contribution in [0.1, 0.15) is 45.4 Å². The lowest BCUT2D eigenvalue weighted by atomic mass is 9.81. The van der Waals surface area contributed by atoms with Crippen LogP contribution in [0.4, 0.5) is 13.2 Å². The molecule has 1 saturated carbocycles. The van der Waals surface area contributed by atoms with Gasteiger partial charge in [-0.3, -0.25) is 4.90 Å². The zero-order chi connectivity index (χ0) is 15.3. The molecule has 1 aliphatic carbocycles. The van der Waals surface area contributed by atoms with Gasteiger partial charge in [-0.2, -0.15) is 13.2 Å². The van der Waals surface area contributed by atoms with Gasteiger partial charge in [-0.05, 0) is 32.7 Å². The molecule has 0 aromatic rings. The molecule has 0 aromatic carbocycles. The zero-order valence-electron chi connectivity index (χ0n) is 12.8. The number of nitrogens with one attached hydrogen (secondary N) is 1. The van der Waals surface area contributed by atoms with Gasteiger partial charge in [0.05, 0.1) is 6.61 Å². The number of halogens is 3. The Bertz CT molecular complexity index is 317. The second kappa shape index (κ2) is 7.29. The molecule has 0 bridgehead atoms. The average Bonchev–Trinajstić information content (AvgIpc) is 2.55. The first-order chi connectivity index (χ1) is 9.90. The van der Waals surface area contributed by atoms with E-state index in [0.717, 1.165) is 19.5 Å². The molecule has 1 atom stereocenters. The molecule has 1 saturated heterocycles. The van der Waals surface area contributed by atoms with Crippen molar-refractivity contribution in [3.63, 3.8) is 0 Å². The number of alkyl halides is 3. The highest BCUT2D eigenvalue weighted by molar-refractivity contribution is 4.96. The molecule has 21 heavy (non-hydrogen) atoms. The predicted molar refractivity (Wildman–Crippen MR) is 76.3 cm³/mol. The fourth-order valence-electron chi connectivity index (χ4n) is 3.56. The van der Waals surface area contributed by atoms with Crippen molar-refractivity contribution < 1.29 is 17.9 Å². The molecule has 1 spiro atoms. The van der Waals surface area contributed by atoms with Crippen LogP contribution in [0.3, 0.4) is 0 Å². The predicted octanol–water partition coefficient (Wildman–Crippen LogP) is 2.95. The van der Waals surface area contributed by atoms with E-state index in [-0.39, 0.29) is 12.1 Å². The highest BCUT2D eigenvalue weighted by Gasteiger charge is 2.36. The maximum absolute atomic E-state index is 12.1. The summed E-state index contributed by atoms with van der Waals surface area (Å²) in [6.45, 7) is 3.69. The minimum atomic E-state index is -4.23. The Hall–Kier alpha value is -0.330. The molecule has 6 heteroatoms. The molecule has 0 amide bonds. The first kappa shape index (κ1) is 17.0. The molecule has 1 aliphatic heterocycles. The smallest absolute Gasteiger partial charge is 0.371 e. The molecule has 1 heterocycles. The number of hydrogen-bond donors (Lipinski definition) is 1. The van der Waals surface area contributed by atoms with E-state index in [0.29, 0.717) is 12.6 Å². The van der Waals surface area contributed by atoms with Crippen LogP contribution in [-0.4, -0.2) is 55.5 Å². The average molecular weight is 308 g/mol. The van der Waals surface area contributed by atoms with Crippen molar-refractivity contribution in [1.82, 2.24) is 10.2 Å². The van der Waals surface area contributed by atoms with E-state index in [2.05, 4.69) is 17.1 Å². The Balaban J connectivity index is 1.83. The SMILES string of the molecule is CC1CCNC2(CCCCC2)CN1CCOCC(F)(F)F. The monoisotopic (exact) mass is 308 g/mol. The number of ether oxygens (including phenoxy) is 1. The number of nitrogens with zero attached hydrogens (tertiary/aromatic N) is 1. The fourth-order valence-corrected chi connectivity index (χ4v) is 3.56. The fraction of sp³-hybridized carbons (Fsp3) is 1.00. The Labute approximate surface area is 125 Å². The molecule has 124 valence electrons. The van der Waals surface area contributed by atoms with Gasteiger partial charge >= 0.3 is 6.18 Å². The van der Waals surface area contributed by atoms with Gasteiger partial charge in [0.15, 0.2) is 0 Å². The first-order valence-electron chi connectivity index (χ1n) is 8.04. The summed E-state index contributed by atoms with van der Waals surface area (Å²) in [6.07, 6.45) is 2.98. The summed E-state index contributed by atoms with van der Waals surface area (Å²) in [4.78, 5) is 2.31. The van der Waals surface area contributed by atoms with Gasteiger partial charge in [-0.25, -0.2) is 0 Å². The molecular weight excluding hydrogens is 281 g/mol. The maximum atomic E-state index is 12.1. The van der Waals surface area contributed by atoms with Crippen molar-refractivity contribution in [2.45, 2.75) is 63.2 Å². The third kappa shape index (κ3) is 5.42. The lowest BCUT2D eigenvalue weighted by Crippen LogP contribution is -2.53. The van der Waals surface area contributed by atoms with Gasteiger partial charge in [0, 0.05) is 24.7 Å². The lowest BCUT2D eigenvalue weighted by molar-refractivity contribution is -0.174. The standard InChI is InChI=1S/C15H27F3N2O/c1-13-5-8-19-14(6-3-2-4-7-14)11-20(13)9-10-21-12-15(16,17)18/h13,19H,2-12H2,1H3. The van der Waals surface area contributed by atoms with Gasteiger partial charge in [-0.15, -0.1) is 0 Å². The Morgan fingerprint density at radius 1 is 1.24 bits per heavy atom. The van der Waals surface area contributed by atoms with Crippen LogP contribution in [0.2, 0.25) is 0 Å². The normalized spacial score (nSPS) is 27.7. The van der Waals surface area contributed by atoms with Gasteiger partial charge in [0.2, 0.25) is 0 Å². The zero-order valence-corrected chi connectivity index (χ0v) is 12.8. The first-order valence-corrected chi connectivity index (χ1v) is 8.04. The van der Waals surface area contributed by atoms with Gasteiger partial charge in [0.25, 0.3) is 0 Å². The van der Waals surface area contributed by atoms with E-state index in [1.54, 1.807) is 0 Å². The second-order valence-electron chi connectivity index (χ2n) is 6.54. The highest BCUT2D eigenvalue weighted by Crippen LogP contribution is 2.31. The van der Waals surface area contributed by atoms with E-state index >= 15 is 0 Å². The van der Waals surface area contributed by atoms with Gasteiger partial charge in [0.1, 0.15) is 6.61 Å². The molecular formula is C15H27F3N2O. The van der Waals surface area contributed by atoms with Gasteiger partial charge < -0.3 is 10.1 Å². The number of hydrogen-bond acceptors (Lipinski definition) is 3. The van der Waals surface area contributed by atoms with Crippen LogP contribution < -0.4 is 5.32 Å². The van der Waals surface area contributed by atoms with Crippen LogP contribution in [0, 0.1) is 0 Å². The molecule has 2 aliphatic rings. The summed E-state index contributed by atoms with van der Waals surface area (Å²) in [5, 5.41) is 3.71. The van der Waals surface area contributed by atoms with Crippen molar-refractivity contribution in [1.29, 1.82) is 0 Å². The quantitative estimate of drug-likeness (QED) is 0.808. The van der Waals surface area contributed by atoms with E-state index in [4.69, 9.17) is 4.74 Å². The third-order valence-electron chi connectivity index (χ3n) is 4.79. The van der Waals surface area contributed by atoms with Crippen molar-refractivity contribution in [3.05, 3.63) is 0 Å². The van der Waals surface area contributed by atoms with Crippen LogP contribution in [0.15, 0.2) is 0 Å². The van der Waals surface area contributed by atoms with Crippen molar-refractivity contribution >= 4 is 0 Å². The minimum Gasteiger partial charge on any atom is -0.371 e. The number of rotatable bonds is 4. The molecule has 0 radical (unpaired) electrons. The molecule has 1 N–H and O–H groups in total. The van der Waals surface area contributed by atoms with E-state index in [1.165, 1.54) is 32.1 Å². The molecule has 3 nitrogen and oxygen atoms in total.